The average molecular weight is 344 g/mol. The SMILES string of the molecule is Cc1sc(Br)cc1S(=O)(=O)N(CCO)CCO. The molecule has 0 fully saturated rings. The van der Waals surface area contributed by atoms with Crippen LogP contribution in [-0.2, 0) is 10.0 Å². The summed E-state index contributed by atoms with van der Waals surface area (Å²) in [7, 11) is -3.64. The van der Waals surface area contributed by atoms with Crippen molar-refractivity contribution in [2.45, 2.75) is 11.8 Å². The number of sulfonamides is 1. The monoisotopic (exact) mass is 343 g/mol. The van der Waals surface area contributed by atoms with E-state index < -0.39 is 10.0 Å². The molecule has 0 unspecified atom stereocenters. The predicted molar refractivity (Wildman–Crippen MR) is 69.7 cm³/mol. The standard InChI is InChI=1S/C9H14BrNO4S2/c1-7-8(6-9(10)16-7)17(14,15)11(2-4-12)3-5-13/h6,12-13H,2-5H2,1H3. The Morgan fingerprint density at radius 3 is 2.24 bits per heavy atom. The smallest absolute Gasteiger partial charge is 0.244 e. The Kier molecular flexibility index (Phi) is 5.55. The van der Waals surface area contributed by atoms with Crippen LogP contribution in [0.3, 0.4) is 0 Å². The molecule has 1 aromatic heterocycles. The highest BCUT2D eigenvalue weighted by atomic mass is 79.9. The predicted octanol–water partition coefficient (Wildman–Crippen LogP) is 0.794. The summed E-state index contributed by atoms with van der Waals surface area (Å²) >= 11 is 4.57. The third-order valence-corrected chi connectivity index (χ3v) is 5.87. The highest BCUT2D eigenvalue weighted by Gasteiger charge is 2.26. The highest BCUT2D eigenvalue weighted by molar-refractivity contribution is 9.11. The van der Waals surface area contributed by atoms with E-state index in [1.165, 1.54) is 17.4 Å². The van der Waals surface area contributed by atoms with E-state index >= 15 is 0 Å². The van der Waals surface area contributed by atoms with E-state index in [0.29, 0.717) is 4.88 Å². The van der Waals surface area contributed by atoms with Crippen molar-refractivity contribution in [3.63, 3.8) is 0 Å². The van der Waals surface area contributed by atoms with Gasteiger partial charge in [-0.3, -0.25) is 0 Å². The zero-order valence-corrected chi connectivity index (χ0v) is 12.5. The molecule has 0 aliphatic heterocycles. The van der Waals surface area contributed by atoms with Gasteiger partial charge in [0.25, 0.3) is 0 Å². The first-order valence-electron chi connectivity index (χ1n) is 4.91. The van der Waals surface area contributed by atoms with Crippen molar-refractivity contribution in [3.8, 4) is 0 Å². The number of rotatable bonds is 6. The maximum atomic E-state index is 12.2. The van der Waals surface area contributed by atoms with Gasteiger partial charge in [0.2, 0.25) is 10.0 Å². The highest BCUT2D eigenvalue weighted by Crippen LogP contribution is 2.31. The molecule has 0 aliphatic rings. The number of hydrogen-bond acceptors (Lipinski definition) is 5. The van der Waals surface area contributed by atoms with Crippen molar-refractivity contribution in [1.82, 2.24) is 4.31 Å². The maximum absolute atomic E-state index is 12.2. The van der Waals surface area contributed by atoms with E-state index in [0.717, 1.165) is 8.09 Å². The number of aliphatic hydroxyl groups is 2. The van der Waals surface area contributed by atoms with Gasteiger partial charge in [-0.2, -0.15) is 4.31 Å². The molecule has 5 nitrogen and oxygen atoms in total. The third-order valence-electron chi connectivity index (χ3n) is 2.16. The zero-order valence-electron chi connectivity index (χ0n) is 9.26. The van der Waals surface area contributed by atoms with Crippen molar-refractivity contribution in [2.75, 3.05) is 26.3 Å². The molecule has 0 radical (unpaired) electrons. The van der Waals surface area contributed by atoms with Crippen LogP contribution in [0.25, 0.3) is 0 Å². The molecule has 17 heavy (non-hydrogen) atoms. The minimum absolute atomic E-state index is 0.0181. The second kappa shape index (κ2) is 6.26. The molecule has 0 aliphatic carbocycles. The molecule has 8 heteroatoms. The van der Waals surface area contributed by atoms with E-state index in [2.05, 4.69) is 15.9 Å². The number of nitrogens with zero attached hydrogens (tertiary/aromatic N) is 1. The lowest BCUT2D eigenvalue weighted by atomic mass is 10.5. The van der Waals surface area contributed by atoms with Gasteiger partial charge in [0.05, 0.1) is 21.9 Å². The topological polar surface area (TPSA) is 77.8 Å². The molecule has 1 rings (SSSR count). The normalized spacial score (nSPS) is 12.3. The Morgan fingerprint density at radius 1 is 1.35 bits per heavy atom. The van der Waals surface area contributed by atoms with Crippen molar-refractivity contribution < 1.29 is 18.6 Å². The first-order chi connectivity index (χ1) is 7.93. The molecule has 0 saturated heterocycles. The van der Waals surface area contributed by atoms with E-state index in [4.69, 9.17) is 10.2 Å². The van der Waals surface area contributed by atoms with Crippen LogP contribution in [-0.4, -0.2) is 49.2 Å². The first-order valence-corrected chi connectivity index (χ1v) is 7.96. The molecule has 0 atom stereocenters. The van der Waals surface area contributed by atoms with Gasteiger partial charge in [-0.05, 0) is 28.9 Å². The molecule has 98 valence electrons. The molecule has 0 saturated carbocycles. The molecular formula is C9H14BrNO4S2. The molecular weight excluding hydrogens is 330 g/mol. The lowest BCUT2D eigenvalue weighted by Crippen LogP contribution is -2.35. The Hall–Kier alpha value is 0.01000. The molecule has 2 N–H and O–H groups in total. The van der Waals surface area contributed by atoms with Crippen LogP contribution in [0.1, 0.15) is 4.88 Å². The molecule has 0 bridgehead atoms. The lowest BCUT2D eigenvalue weighted by molar-refractivity contribution is 0.217. The van der Waals surface area contributed by atoms with Crippen LogP contribution in [0, 0.1) is 6.92 Å². The fourth-order valence-electron chi connectivity index (χ4n) is 1.40. The molecule has 1 heterocycles. The summed E-state index contributed by atoms with van der Waals surface area (Å²) in [5.41, 5.74) is 0. The minimum atomic E-state index is -3.64. The van der Waals surface area contributed by atoms with Crippen LogP contribution in [0.4, 0.5) is 0 Å². The number of thiophene rings is 1. The van der Waals surface area contributed by atoms with Crippen molar-refractivity contribution in [2.24, 2.45) is 0 Å². The summed E-state index contributed by atoms with van der Waals surface area (Å²) in [5, 5.41) is 17.7. The third kappa shape index (κ3) is 3.49. The second-order valence-corrected chi connectivity index (χ2v) is 7.86. The van der Waals surface area contributed by atoms with E-state index in [1.807, 2.05) is 0 Å². The summed E-state index contributed by atoms with van der Waals surface area (Å²) in [6.45, 7) is 1.14. The second-order valence-electron chi connectivity index (χ2n) is 3.32. The summed E-state index contributed by atoms with van der Waals surface area (Å²) in [4.78, 5) is 0.897. The van der Waals surface area contributed by atoms with Crippen LogP contribution >= 0.6 is 27.3 Å². The lowest BCUT2D eigenvalue weighted by Gasteiger charge is -2.19. The van der Waals surface area contributed by atoms with Gasteiger partial charge in [-0.15, -0.1) is 11.3 Å². The fraction of sp³-hybridized carbons (Fsp3) is 0.556. The summed E-state index contributed by atoms with van der Waals surface area (Å²) in [6, 6.07) is 1.54. The van der Waals surface area contributed by atoms with Crippen molar-refractivity contribution in [3.05, 3.63) is 14.7 Å². The molecule has 0 aromatic carbocycles. The quantitative estimate of drug-likeness (QED) is 0.800. The summed E-state index contributed by atoms with van der Waals surface area (Å²) < 4.78 is 26.3. The van der Waals surface area contributed by atoms with E-state index in [-0.39, 0.29) is 31.2 Å². The molecule has 0 spiro atoms. The van der Waals surface area contributed by atoms with Gasteiger partial charge in [0.1, 0.15) is 0 Å². The van der Waals surface area contributed by atoms with Crippen LogP contribution in [0.5, 0.6) is 0 Å². The summed E-state index contributed by atoms with van der Waals surface area (Å²) in [6.07, 6.45) is 0. The van der Waals surface area contributed by atoms with Gasteiger partial charge >= 0.3 is 0 Å². The minimum Gasteiger partial charge on any atom is -0.395 e. The van der Waals surface area contributed by atoms with Crippen molar-refractivity contribution in [1.29, 1.82) is 0 Å². The van der Waals surface area contributed by atoms with Crippen LogP contribution < -0.4 is 0 Å². The van der Waals surface area contributed by atoms with Gasteiger partial charge in [0, 0.05) is 18.0 Å². The van der Waals surface area contributed by atoms with Gasteiger partial charge in [-0.25, -0.2) is 8.42 Å². The number of halogens is 1. The molecule has 1 aromatic rings. The molecule has 0 amide bonds. The van der Waals surface area contributed by atoms with Gasteiger partial charge in [-0.1, -0.05) is 0 Å². The maximum Gasteiger partial charge on any atom is 0.244 e. The average Bonchev–Trinajstić information content (AvgIpc) is 2.58. The largest absolute Gasteiger partial charge is 0.395 e. The fourth-order valence-corrected chi connectivity index (χ4v) is 5.21. The first kappa shape index (κ1) is 15.1. The van der Waals surface area contributed by atoms with E-state index in [1.54, 1.807) is 6.92 Å². The van der Waals surface area contributed by atoms with Crippen LogP contribution in [0.15, 0.2) is 14.7 Å². The Morgan fingerprint density at radius 2 is 1.88 bits per heavy atom. The van der Waals surface area contributed by atoms with Crippen molar-refractivity contribution >= 4 is 37.3 Å². The van der Waals surface area contributed by atoms with E-state index in [9.17, 15) is 8.42 Å². The number of aryl methyl sites for hydroxylation is 1. The Balaban J connectivity index is 3.11. The Bertz CT molecular complexity index is 465. The zero-order chi connectivity index (χ0) is 13.1. The number of aliphatic hydroxyl groups excluding tert-OH is 2. The summed E-state index contributed by atoms with van der Waals surface area (Å²) in [5.74, 6) is 0. The number of hydrogen-bond donors (Lipinski definition) is 2. The van der Waals surface area contributed by atoms with Crippen LogP contribution in [0.2, 0.25) is 0 Å². The Labute approximate surface area is 113 Å². The van der Waals surface area contributed by atoms with Gasteiger partial charge < -0.3 is 10.2 Å². The van der Waals surface area contributed by atoms with Gasteiger partial charge in [0.15, 0.2) is 0 Å².